The van der Waals surface area contributed by atoms with Gasteiger partial charge in [-0.05, 0) is 67.1 Å². The Bertz CT molecular complexity index is 1300. The van der Waals surface area contributed by atoms with Crippen molar-refractivity contribution in [1.29, 1.82) is 0 Å². The lowest BCUT2D eigenvalue weighted by Gasteiger charge is -2.33. The normalized spacial score (nSPS) is 21.0. The minimum atomic E-state index is -1.34. The molecule has 1 aromatic heterocycles. The maximum Gasteiger partial charge on any atom is 0.325 e. The molecule has 0 spiro atoms. The van der Waals surface area contributed by atoms with E-state index in [2.05, 4.69) is 10.3 Å². The summed E-state index contributed by atoms with van der Waals surface area (Å²) in [6.45, 7) is 2.32. The number of carbonyl (C=O) groups excluding carboxylic acids is 3. The topological polar surface area (TPSA) is 94.7 Å². The van der Waals surface area contributed by atoms with E-state index in [-0.39, 0.29) is 12.5 Å². The molecule has 0 bridgehead atoms. The third-order valence-corrected chi connectivity index (χ3v) is 7.20. The minimum absolute atomic E-state index is 0.268. The number of nitrogens with zero attached hydrogens (tertiary/aromatic N) is 2. The maximum atomic E-state index is 13.3. The lowest BCUT2D eigenvalue weighted by Crippen LogP contribution is -2.46. The maximum absolute atomic E-state index is 13.3. The Labute approximate surface area is 202 Å². The van der Waals surface area contributed by atoms with Crippen LogP contribution in [0.4, 0.5) is 9.18 Å². The summed E-state index contributed by atoms with van der Waals surface area (Å²) < 4.78 is 18.7. The summed E-state index contributed by atoms with van der Waals surface area (Å²) in [7, 11) is 1.64. The molecule has 0 aliphatic carbocycles. The molecule has 1 unspecified atom stereocenters. The van der Waals surface area contributed by atoms with Crippen LogP contribution in [0.15, 0.2) is 48.7 Å². The number of H-pyrrole nitrogens is 1. The number of nitrogens with one attached hydrogen (secondary N) is 2. The molecule has 0 radical (unpaired) electrons. The summed E-state index contributed by atoms with van der Waals surface area (Å²) in [5.41, 5.74) is 1.37. The zero-order chi connectivity index (χ0) is 24.7. The molecule has 2 aliphatic rings. The van der Waals surface area contributed by atoms with Gasteiger partial charge in [0.1, 0.15) is 23.7 Å². The van der Waals surface area contributed by atoms with Crippen LogP contribution in [0.5, 0.6) is 5.75 Å². The van der Waals surface area contributed by atoms with Crippen molar-refractivity contribution >= 4 is 28.7 Å². The van der Waals surface area contributed by atoms with Gasteiger partial charge in [0.2, 0.25) is 5.91 Å². The number of piperidine rings is 1. The molecule has 2 aliphatic heterocycles. The molecule has 182 valence electrons. The largest absolute Gasteiger partial charge is 0.497 e. The molecule has 1 atom stereocenters. The van der Waals surface area contributed by atoms with Gasteiger partial charge in [-0.1, -0.05) is 12.1 Å². The van der Waals surface area contributed by atoms with Crippen LogP contribution in [-0.2, 0) is 15.1 Å². The third kappa shape index (κ3) is 4.00. The van der Waals surface area contributed by atoms with Crippen molar-refractivity contribution in [3.8, 4) is 5.75 Å². The molecule has 4 amide bonds. The highest BCUT2D eigenvalue weighted by atomic mass is 19.1. The Morgan fingerprint density at radius 3 is 2.54 bits per heavy atom. The fourth-order valence-electron chi connectivity index (χ4n) is 5.08. The number of fused-ring (bicyclic) bond motifs is 1. The molecule has 2 aromatic carbocycles. The van der Waals surface area contributed by atoms with Crippen LogP contribution in [0.1, 0.15) is 36.8 Å². The van der Waals surface area contributed by atoms with Gasteiger partial charge in [-0.2, -0.15) is 0 Å². The van der Waals surface area contributed by atoms with Crippen LogP contribution in [0, 0.1) is 5.82 Å². The number of halogens is 1. The van der Waals surface area contributed by atoms with E-state index < -0.39 is 23.3 Å². The number of ether oxygens (including phenoxy) is 1. The van der Waals surface area contributed by atoms with Crippen molar-refractivity contribution in [2.75, 3.05) is 26.7 Å². The van der Waals surface area contributed by atoms with Gasteiger partial charge in [0.15, 0.2) is 0 Å². The molecule has 9 heteroatoms. The van der Waals surface area contributed by atoms with E-state index >= 15 is 0 Å². The van der Waals surface area contributed by atoms with Crippen molar-refractivity contribution in [2.45, 2.75) is 31.2 Å². The first kappa shape index (κ1) is 22.9. The van der Waals surface area contributed by atoms with Gasteiger partial charge in [0, 0.05) is 30.2 Å². The number of aromatic amines is 1. The van der Waals surface area contributed by atoms with Gasteiger partial charge in [0.05, 0.1) is 7.11 Å². The average Bonchev–Trinajstić information content (AvgIpc) is 3.38. The van der Waals surface area contributed by atoms with Crippen LogP contribution in [-0.4, -0.2) is 59.4 Å². The number of rotatable bonds is 5. The van der Waals surface area contributed by atoms with Gasteiger partial charge >= 0.3 is 6.03 Å². The minimum Gasteiger partial charge on any atom is -0.497 e. The summed E-state index contributed by atoms with van der Waals surface area (Å²) in [6.07, 6.45) is 3.59. The number of methoxy groups -OCH3 is 1. The van der Waals surface area contributed by atoms with Crippen LogP contribution < -0.4 is 10.1 Å². The Kier molecular flexibility index (Phi) is 5.70. The standard InChI is InChI=1S/C26H27FN4O4/c1-26(17-3-5-18(27)6-4-17)24(33)31(25(34)29-26)15-23(32)30-11-9-16(10-12-30)21-14-28-22-8-7-19(35-2)13-20(21)22/h3-8,13-14,16,28H,9-12,15H2,1-2H3,(H,29,34). The van der Waals surface area contributed by atoms with Crippen molar-refractivity contribution in [3.05, 3.63) is 65.6 Å². The molecule has 5 rings (SSSR count). The summed E-state index contributed by atoms with van der Waals surface area (Å²) in [5.74, 6) is -0.136. The zero-order valence-electron chi connectivity index (χ0n) is 19.6. The fourth-order valence-corrected chi connectivity index (χ4v) is 5.08. The number of urea groups is 1. The molecule has 2 N–H and O–H groups in total. The van der Waals surface area contributed by atoms with Gasteiger partial charge < -0.3 is 19.9 Å². The van der Waals surface area contributed by atoms with E-state index in [0.29, 0.717) is 24.6 Å². The Morgan fingerprint density at radius 2 is 1.86 bits per heavy atom. The number of carbonyl (C=O) groups is 3. The second-order valence-electron chi connectivity index (χ2n) is 9.26. The predicted octanol–water partition coefficient (Wildman–Crippen LogP) is 3.49. The number of imide groups is 1. The number of aromatic nitrogens is 1. The van der Waals surface area contributed by atoms with Gasteiger partial charge in [0.25, 0.3) is 5.91 Å². The lowest BCUT2D eigenvalue weighted by atomic mass is 9.89. The molecule has 2 fully saturated rings. The van der Waals surface area contributed by atoms with Crippen LogP contribution >= 0.6 is 0 Å². The fraction of sp³-hybridized carbons (Fsp3) is 0.346. The van der Waals surface area contributed by atoms with E-state index in [1.807, 2.05) is 24.4 Å². The highest BCUT2D eigenvalue weighted by molar-refractivity contribution is 6.09. The van der Waals surface area contributed by atoms with Gasteiger partial charge in [-0.3, -0.25) is 14.5 Å². The SMILES string of the molecule is COc1ccc2[nH]cc(C3CCN(C(=O)CN4C(=O)NC(C)(c5ccc(F)cc5)C4=O)CC3)c2c1. The third-order valence-electron chi connectivity index (χ3n) is 7.20. The number of benzene rings is 2. The first-order valence-electron chi connectivity index (χ1n) is 11.6. The molecule has 3 heterocycles. The summed E-state index contributed by atoms with van der Waals surface area (Å²) in [5, 5.41) is 3.78. The number of hydrogen-bond donors (Lipinski definition) is 2. The Morgan fingerprint density at radius 1 is 1.14 bits per heavy atom. The second kappa shape index (κ2) is 8.72. The molecule has 3 aromatic rings. The predicted molar refractivity (Wildman–Crippen MR) is 127 cm³/mol. The lowest BCUT2D eigenvalue weighted by molar-refractivity contribution is -0.139. The molecular weight excluding hydrogens is 451 g/mol. The van der Waals surface area contributed by atoms with Crippen molar-refractivity contribution in [3.63, 3.8) is 0 Å². The smallest absolute Gasteiger partial charge is 0.325 e. The molecule has 2 saturated heterocycles. The van der Waals surface area contributed by atoms with E-state index in [0.717, 1.165) is 34.4 Å². The summed E-state index contributed by atoms with van der Waals surface area (Å²) >= 11 is 0. The molecular formula is C26H27FN4O4. The monoisotopic (exact) mass is 478 g/mol. The first-order valence-corrected chi connectivity index (χ1v) is 11.6. The van der Waals surface area contributed by atoms with Crippen LogP contribution in [0.3, 0.4) is 0 Å². The van der Waals surface area contributed by atoms with E-state index in [9.17, 15) is 18.8 Å². The Balaban J connectivity index is 1.24. The number of likely N-dealkylation sites (tertiary alicyclic amines) is 1. The second-order valence-corrected chi connectivity index (χ2v) is 9.26. The van der Waals surface area contributed by atoms with Crippen molar-refractivity contribution in [2.24, 2.45) is 0 Å². The molecule has 0 saturated carbocycles. The average molecular weight is 479 g/mol. The quantitative estimate of drug-likeness (QED) is 0.549. The van der Waals surface area contributed by atoms with Crippen molar-refractivity contribution < 1.29 is 23.5 Å². The van der Waals surface area contributed by atoms with Crippen molar-refractivity contribution in [1.82, 2.24) is 20.1 Å². The summed E-state index contributed by atoms with van der Waals surface area (Å²) in [6, 6.07) is 10.7. The van der Waals surface area contributed by atoms with Crippen LogP contribution in [0.25, 0.3) is 10.9 Å². The highest BCUT2D eigenvalue weighted by Gasteiger charge is 2.49. The van der Waals surface area contributed by atoms with Gasteiger partial charge in [-0.25, -0.2) is 9.18 Å². The first-order chi connectivity index (χ1) is 16.8. The number of hydrogen-bond acceptors (Lipinski definition) is 4. The molecule has 35 heavy (non-hydrogen) atoms. The molecule has 8 nitrogen and oxygen atoms in total. The van der Waals surface area contributed by atoms with Crippen LogP contribution in [0.2, 0.25) is 0 Å². The summed E-state index contributed by atoms with van der Waals surface area (Å²) in [4.78, 5) is 44.6. The highest BCUT2D eigenvalue weighted by Crippen LogP contribution is 2.35. The number of amides is 4. The van der Waals surface area contributed by atoms with E-state index in [1.54, 1.807) is 18.9 Å². The Hall–Kier alpha value is -3.88. The van der Waals surface area contributed by atoms with E-state index in [1.165, 1.54) is 29.8 Å². The van der Waals surface area contributed by atoms with E-state index in [4.69, 9.17) is 4.74 Å². The zero-order valence-corrected chi connectivity index (χ0v) is 19.6. The van der Waals surface area contributed by atoms with Gasteiger partial charge in [-0.15, -0.1) is 0 Å².